The molecule has 3 aliphatic carbocycles. The minimum atomic E-state index is -1.75. The van der Waals surface area contributed by atoms with Gasteiger partial charge in [-0.15, -0.1) is 0 Å². The Bertz CT molecular complexity index is 4340. The number of aliphatic hydroxyl groups is 2. The molecular weight excluding hydrogens is 1320 g/mol. The van der Waals surface area contributed by atoms with Gasteiger partial charge >= 0.3 is 5.69 Å². The van der Waals surface area contributed by atoms with E-state index in [0.717, 1.165) is 93.8 Å². The first-order valence-corrected chi connectivity index (χ1v) is 41.3. The Balaban J connectivity index is 0.000000165. The third-order valence-corrected chi connectivity index (χ3v) is 29.8. The summed E-state index contributed by atoms with van der Waals surface area (Å²) in [5.74, 6) is 1.63. The fourth-order valence-corrected chi connectivity index (χ4v) is 13.8. The van der Waals surface area contributed by atoms with E-state index < -0.39 is 22.3 Å². The first kappa shape index (κ1) is 77.4. The van der Waals surface area contributed by atoms with Gasteiger partial charge in [-0.25, -0.2) is 34.7 Å². The van der Waals surface area contributed by atoms with Crippen LogP contribution in [0.25, 0.3) is 34.2 Å². The monoisotopic (exact) mass is 1420 g/mol. The molecule has 3 aliphatic rings. The van der Waals surface area contributed by atoms with Crippen LogP contribution in [0.4, 0.5) is 0 Å². The van der Waals surface area contributed by atoms with E-state index in [9.17, 15) is 29.4 Å². The molecule has 3 aromatic carbocycles. The van der Waals surface area contributed by atoms with Crippen LogP contribution in [0.15, 0.2) is 166 Å². The molecule has 0 spiro atoms. The summed E-state index contributed by atoms with van der Waals surface area (Å²) in [6, 6.07) is 36.1. The molecule has 102 heavy (non-hydrogen) atoms. The van der Waals surface area contributed by atoms with Gasteiger partial charge in [-0.3, -0.25) is 28.1 Å². The number of aromatic nitrogens is 12. The zero-order chi connectivity index (χ0) is 73.4. The van der Waals surface area contributed by atoms with Crippen molar-refractivity contribution in [2.75, 3.05) is 0 Å². The zero-order valence-corrected chi connectivity index (χ0v) is 63.5. The number of benzene rings is 3. The van der Waals surface area contributed by atoms with Gasteiger partial charge in [-0.2, -0.15) is 9.97 Å². The van der Waals surface area contributed by atoms with Crippen molar-refractivity contribution in [3.8, 4) is 46.2 Å². The average molecular weight is 1420 g/mol. The van der Waals surface area contributed by atoms with Crippen LogP contribution in [-0.2, 0) is 49.8 Å². The average Bonchev–Trinajstić information content (AvgIpc) is 0.827. The fraction of sp³-hybridized carbons (Fsp3) is 0.462. The molecule has 12 rings (SSSR count). The summed E-state index contributed by atoms with van der Waals surface area (Å²) in [7, 11) is 1.35. The SMILES string of the molecule is CC(C)(C)[Si](C)(C)OCc1ccc(C2CCC(O)CC2)cc1.Cn1c(=O)cc(-c2ccncn2)[nH]c1=O.Cn1c(OC2CCC(c3ccc(CO)cc3)CC2)nc(-c2ccncn2)cc1=O.Cn1c(OC2CCC(c3ccc(CO[Si](C)(C)C(C)(C)C)cc3)CC2)nc(-c2ccncn2)cc1=O. The van der Waals surface area contributed by atoms with Crippen LogP contribution in [0.1, 0.15) is 170 Å². The summed E-state index contributed by atoms with van der Waals surface area (Å²) in [5, 5.41) is 19.3. The van der Waals surface area contributed by atoms with Gasteiger partial charge in [0.25, 0.3) is 28.7 Å². The summed E-state index contributed by atoms with van der Waals surface area (Å²) in [4.78, 5) is 83.0. The van der Waals surface area contributed by atoms with Crippen LogP contribution in [0.3, 0.4) is 0 Å². The third kappa shape index (κ3) is 21.2. The van der Waals surface area contributed by atoms with E-state index in [4.69, 9.17) is 18.3 Å². The van der Waals surface area contributed by atoms with E-state index in [1.807, 2.05) is 12.1 Å². The maximum Gasteiger partial charge on any atom is 0.328 e. The standard InChI is InChI=1S/C28H38N4O3Si.C22H24N4O3.C19H32O2Si.C9H8N4O2/c1-28(2,3)36(5,6)34-18-20-7-9-21(10-8-20)22-11-13-23(14-12-22)35-27-31-25(17-26(33)32(27)4)24-15-16-29-19-30-24;1-26-21(28)12-20(19-10-11-23-14-24-19)25-22(26)29-18-8-6-17(7-9-18)16-4-2-15(13-27)3-5-16;1-19(2,3)22(4,5)21-14-15-6-8-16(9-7-15)17-10-12-18(20)13-11-17;1-13-8(14)4-7(12-9(13)15)6-2-3-10-5-11-6/h7-10,15-17,19,22-23H,11-14,18H2,1-6H3;2-5,10-12,14,17-18,27H,6-9,13H2,1H3;6-9,17-18,20H,10-14H2,1-5H3;2-5H,1H3,(H,12,15). The molecule has 0 saturated heterocycles. The molecular formula is C78H102N12O10Si2. The quantitative estimate of drug-likeness (QED) is 0.0714. The third-order valence-electron chi connectivity index (χ3n) is 20.8. The van der Waals surface area contributed by atoms with Gasteiger partial charge in [0.15, 0.2) is 16.6 Å². The number of nitrogens with zero attached hydrogens (tertiary/aromatic N) is 11. The number of ether oxygens (including phenoxy) is 2. The van der Waals surface area contributed by atoms with Crippen molar-refractivity contribution < 1.29 is 28.5 Å². The molecule has 9 aromatic rings. The van der Waals surface area contributed by atoms with Crippen molar-refractivity contribution >= 4 is 16.6 Å². The van der Waals surface area contributed by atoms with Gasteiger partial charge in [0.2, 0.25) is 0 Å². The van der Waals surface area contributed by atoms with Crippen LogP contribution >= 0.6 is 0 Å². The second-order valence-electron chi connectivity index (χ2n) is 30.0. The summed E-state index contributed by atoms with van der Waals surface area (Å²) in [5.41, 5.74) is 9.45. The molecule has 542 valence electrons. The lowest BCUT2D eigenvalue weighted by molar-refractivity contribution is 0.122. The first-order chi connectivity index (χ1) is 48.5. The van der Waals surface area contributed by atoms with Crippen LogP contribution < -0.4 is 31.8 Å². The molecule has 3 N–H and O–H groups in total. The number of nitrogens with one attached hydrogen (secondary N) is 1. The number of aliphatic hydroxyl groups excluding tert-OH is 2. The number of rotatable bonds is 17. The fourth-order valence-electron chi connectivity index (χ4n) is 11.9. The summed E-state index contributed by atoms with van der Waals surface area (Å²) < 4.78 is 28.9. The van der Waals surface area contributed by atoms with Gasteiger partial charge in [0, 0.05) is 57.9 Å². The van der Waals surface area contributed by atoms with Crippen molar-refractivity contribution in [2.24, 2.45) is 21.1 Å². The Labute approximate surface area is 600 Å². The Morgan fingerprint density at radius 2 is 0.794 bits per heavy atom. The highest BCUT2D eigenvalue weighted by atomic mass is 28.4. The summed E-state index contributed by atoms with van der Waals surface area (Å²) in [6.45, 7) is 24.3. The van der Waals surface area contributed by atoms with Gasteiger partial charge in [0.05, 0.1) is 60.1 Å². The van der Waals surface area contributed by atoms with Gasteiger partial charge in [-0.05, 0) is 183 Å². The van der Waals surface area contributed by atoms with E-state index in [0.29, 0.717) is 70.5 Å². The highest BCUT2D eigenvalue weighted by Crippen LogP contribution is 2.40. The summed E-state index contributed by atoms with van der Waals surface area (Å²) >= 11 is 0. The second-order valence-corrected chi connectivity index (χ2v) is 39.6. The van der Waals surface area contributed by atoms with Gasteiger partial charge in [0.1, 0.15) is 31.2 Å². The highest BCUT2D eigenvalue weighted by Gasteiger charge is 2.38. The predicted octanol–water partition coefficient (Wildman–Crippen LogP) is 13.5. The first-order valence-electron chi connectivity index (χ1n) is 35.5. The largest absolute Gasteiger partial charge is 0.461 e. The lowest BCUT2D eigenvalue weighted by Crippen LogP contribution is -2.40. The molecule has 22 nitrogen and oxygen atoms in total. The molecule has 0 radical (unpaired) electrons. The van der Waals surface area contributed by atoms with E-state index in [-0.39, 0.29) is 51.7 Å². The van der Waals surface area contributed by atoms with Crippen LogP contribution in [0.5, 0.6) is 12.0 Å². The van der Waals surface area contributed by atoms with E-state index in [2.05, 4.69) is 173 Å². The molecule has 0 amide bonds. The van der Waals surface area contributed by atoms with E-state index in [1.54, 1.807) is 44.7 Å². The maximum absolute atomic E-state index is 12.5. The van der Waals surface area contributed by atoms with Crippen molar-refractivity contribution in [3.05, 3.63) is 222 Å². The van der Waals surface area contributed by atoms with Crippen LogP contribution in [-0.4, -0.2) is 104 Å². The van der Waals surface area contributed by atoms with Gasteiger partial charge < -0.3 is 33.5 Å². The molecule has 3 fully saturated rings. The smallest absolute Gasteiger partial charge is 0.328 e. The van der Waals surface area contributed by atoms with Crippen molar-refractivity contribution in [1.82, 2.24) is 58.6 Å². The molecule has 3 saturated carbocycles. The molecule has 0 atom stereocenters. The Kier molecular flexibility index (Phi) is 26.5. The molecule has 0 bridgehead atoms. The highest BCUT2D eigenvalue weighted by molar-refractivity contribution is 6.74. The molecule has 0 unspecified atom stereocenters. The number of H-pyrrole nitrogens is 1. The second kappa shape index (κ2) is 34.9. The molecule has 6 aromatic heterocycles. The number of hydrogen-bond acceptors (Lipinski definition) is 18. The van der Waals surface area contributed by atoms with Crippen LogP contribution in [0.2, 0.25) is 36.3 Å². The van der Waals surface area contributed by atoms with E-state index in [1.165, 1.54) is 87.4 Å². The lowest BCUT2D eigenvalue weighted by Gasteiger charge is -2.36. The molecule has 6 heterocycles. The van der Waals surface area contributed by atoms with Gasteiger partial charge in [-0.1, -0.05) is 114 Å². The lowest BCUT2D eigenvalue weighted by atomic mass is 9.82. The van der Waals surface area contributed by atoms with Crippen molar-refractivity contribution in [1.29, 1.82) is 0 Å². The topological polar surface area (TPSA) is 279 Å². The molecule has 0 aliphatic heterocycles. The minimum absolute atomic E-state index is 0.0294. The Hall–Kier alpha value is -8.79. The normalized spacial score (nSPS) is 18.6. The van der Waals surface area contributed by atoms with Crippen molar-refractivity contribution in [3.63, 3.8) is 0 Å². The van der Waals surface area contributed by atoms with Crippen LogP contribution in [0, 0.1) is 0 Å². The van der Waals surface area contributed by atoms with E-state index >= 15 is 0 Å². The maximum atomic E-state index is 12.5. The molecule has 24 heteroatoms. The minimum Gasteiger partial charge on any atom is -0.461 e. The summed E-state index contributed by atoms with van der Waals surface area (Å²) in [6.07, 6.45) is 20.9. The number of aromatic amines is 1. The Morgan fingerprint density at radius 1 is 0.451 bits per heavy atom. The number of hydrogen-bond donors (Lipinski definition) is 3. The van der Waals surface area contributed by atoms with Crippen molar-refractivity contribution in [2.45, 2.75) is 211 Å². The Morgan fingerprint density at radius 3 is 1.13 bits per heavy atom. The zero-order valence-electron chi connectivity index (χ0n) is 61.5. The predicted molar refractivity (Wildman–Crippen MR) is 402 cm³/mol.